The second-order valence-corrected chi connectivity index (χ2v) is 17.5. The third kappa shape index (κ3) is 4.69. The maximum atomic E-state index is 14.3. The number of carbonyl (C=O) groups excluding carboxylic acids is 3. The van der Waals surface area contributed by atoms with Crippen molar-refractivity contribution < 1.29 is 72.6 Å². The van der Waals surface area contributed by atoms with E-state index >= 15 is 0 Å². The Morgan fingerprint density at radius 3 is 2.04 bits per heavy atom. The van der Waals surface area contributed by atoms with E-state index in [1.807, 2.05) is 0 Å². The van der Waals surface area contributed by atoms with Crippen LogP contribution in [0.4, 0.5) is 26.3 Å². The zero-order valence-corrected chi connectivity index (χ0v) is 27.1. The Kier molecular flexibility index (Phi) is 7.29. The monoisotopic (exact) mass is 717 g/mol. The summed E-state index contributed by atoms with van der Waals surface area (Å²) in [6.07, 6.45) is 0.477. The Balaban J connectivity index is 1.14. The Hall–Kier alpha value is -2.18. The Bertz CT molecular complexity index is 1500. The molecule has 2 aliphatic heterocycles. The predicted molar refractivity (Wildman–Crippen MR) is 147 cm³/mol. The maximum Gasteiger partial charge on any atom is 0.402 e. The predicted octanol–water partition coefficient (Wildman–Crippen LogP) is 3.65. The Labute approximate surface area is 272 Å². The highest BCUT2D eigenvalue weighted by Gasteiger charge is 2.74. The van der Waals surface area contributed by atoms with E-state index in [-0.39, 0.29) is 25.2 Å². The smallest absolute Gasteiger partial charge is 0.402 e. The average molecular weight is 718 g/mol. The molecule has 8 unspecified atom stereocenters. The van der Waals surface area contributed by atoms with Crippen molar-refractivity contribution in [2.45, 2.75) is 99.9 Å². The minimum atomic E-state index is -5.90. The average Bonchev–Trinajstić information content (AvgIpc) is 3.55. The van der Waals surface area contributed by atoms with Crippen LogP contribution >= 0.6 is 0 Å². The van der Waals surface area contributed by atoms with Crippen molar-refractivity contribution >= 4 is 28.0 Å². The quantitative estimate of drug-likeness (QED) is 0.246. The maximum absolute atomic E-state index is 14.3. The molecule has 48 heavy (non-hydrogen) atoms. The number of ether oxygens (including phenoxy) is 4. The van der Waals surface area contributed by atoms with E-state index in [0.29, 0.717) is 19.3 Å². The highest BCUT2D eigenvalue weighted by atomic mass is 32.2. The molecule has 6 saturated carbocycles. The zero-order chi connectivity index (χ0) is 35.2. The lowest BCUT2D eigenvalue weighted by Crippen LogP contribution is -2.65. The van der Waals surface area contributed by atoms with Gasteiger partial charge in [-0.25, -0.2) is 0 Å². The molecule has 0 aromatic carbocycles. The third-order valence-electron chi connectivity index (χ3n) is 12.1. The van der Waals surface area contributed by atoms with Gasteiger partial charge in [0.25, 0.3) is 0 Å². The topological polar surface area (TPSA) is 146 Å². The van der Waals surface area contributed by atoms with Gasteiger partial charge in [0, 0.05) is 23.3 Å². The Morgan fingerprint density at radius 2 is 1.52 bits per heavy atom. The molecule has 11 nitrogen and oxygen atoms in total. The van der Waals surface area contributed by atoms with Gasteiger partial charge in [-0.15, -0.1) is 0 Å². The molecule has 0 aromatic rings. The fourth-order valence-corrected chi connectivity index (χ4v) is 10.7. The highest BCUT2D eigenvalue weighted by molar-refractivity contribution is 7.86. The summed E-state index contributed by atoms with van der Waals surface area (Å²) >= 11 is 0. The molecule has 8 aliphatic rings. The number of fused-ring (bicyclic) bond motifs is 1. The van der Waals surface area contributed by atoms with Crippen molar-refractivity contribution in [3.8, 4) is 0 Å². The number of carbonyl (C=O) groups is 3. The number of hydrogen-bond donors (Lipinski definition) is 1. The summed E-state index contributed by atoms with van der Waals surface area (Å²) in [5, 5.41) is -4.79. The summed E-state index contributed by atoms with van der Waals surface area (Å²) in [6.45, 7) is 0.203. The SMILES string of the molecule is CC(C)(C)N1C(=O)C2C3CC(C(OC(=O)C45CC6CC(C4)C4(OCC(F)(F)C(F)(F)CO4)C(C6)C5)C31)C2C(=O)OCC(F)(F)S(=O)(=O)O. The van der Waals surface area contributed by atoms with E-state index in [1.54, 1.807) is 20.8 Å². The number of nitrogens with zero attached hydrogens (tertiary/aromatic N) is 1. The van der Waals surface area contributed by atoms with Gasteiger partial charge in [0.1, 0.15) is 19.3 Å². The number of esters is 2. The molecule has 8 fully saturated rings. The molecular formula is C30H37F6NO10S. The van der Waals surface area contributed by atoms with Crippen molar-refractivity contribution in [3.05, 3.63) is 0 Å². The first-order valence-corrected chi connectivity index (χ1v) is 17.5. The molecule has 6 bridgehead atoms. The molecule has 18 heteroatoms. The van der Waals surface area contributed by atoms with Crippen molar-refractivity contribution in [2.24, 2.45) is 46.8 Å². The summed E-state index contributed by atoms with van der Waals surface area (Å²) in [5.41, 5.74) is -1.95. The van der Waals surface area contributed by atoms with Crippen LogP contribution in [0.5, 0.6) is 0 Å². The van der Waals surface area contributed by atoms with Gasteiger partial charge in [0.15, 0.2) is 12.4 Å². The fraction of sp³-hybridized carbons (Fsp3) is 0.900. The molecule has 270 valence electrons. The van der Waals surface area contributed by atoms with Gasteiger partial charge in [-0.2, -0.15) is 34.8 Å². The van der Waals surface area contributed by atoms with E-state index < -0.39 is 129 Å². The van der Waals surface area contributed by atoms with Gasteiger partial charge in [-0.3, -0.25) is 18.9 Å². The second kappa shape index (κ2) is 10.2. The number of hydrogen-bond acceptors (Lipinski definition) is 9. The molecule has 1 spiro atoms. The number of alkyl halides is 6. The molecular weight excluding hydrogens is 680 g/mol. The minimum Gasteiger partial charge on any atom is -0.459 e. The van der Waals surface area contributed by atoms with E-state index in [0.717, 1.165) is 0 Å². The highest BCUT2D eigenvalue weighted by Crippen LogP contribution is 2.67. The van der Waals surface area contributed by atoms with Crippen molar-refractivity contribution in [2.75, 3.05) is 19.8 Å². The molecule has 8 rings (SSSR count). The van der Waals surface area contributed by atoms with Crippen molar-refractivity contribution in [1.82, 2.24) is 4.90 Å². The van der Waals surface area contributed by atoms with Crippen LogP contribution in [0, 0.1) is 46.8 Å². The number of amides is 1. The van der Waals surface area contributed by atoms with Crippen LogP contribution in [-0.2, 0) is 43.4 Å². The van der Waals surface area contributed by atoms with Gasteiger partial charge in [-0.05, 0) is 71.1 Å². The van der Waals surface area contributed by atoms with E-state index in [9.17, 15) is 49.1 Å². The van der Waals surface area contributed by atoms with Crippen LogP contribution in [0.3, 0.4) is 0 Å². The van der Waals surface area contributed by atoms with Crippen LogP contribution in [0.25, 0.3) is 0 Å². The summed E-state index contributed by atoms with van der Waals surface area (Å²) < 4.78 is 138. The van der Waals surface area contributed by atoms with Crippen LogP contribution in [0.15, 0.2) is 0 Å². The van der Waals surface area contributed by atoms with E-state index in [1.165, 1.54) is 4.90 Å². The van der Waals surface area contributed by atoms with Crippen LogP contribution in [-0.4, -0.2) is 96.1 Å². The largest absolute Gasteiger partial charge is 0.459 e. The van der Waals surface area contributed by atoms with Crippen molar-refractivity contribution in [3.63, 3.8) is 0 Å². The van der Waals surface area contributed by atoms with Crippen LogP contribution in [0.1, 0.15) is 59.3 Å². The first kappa shape index (κ1) is 34.3. The molecule has 6 aliphatic carbocycles. The first-order valence-electron chi connectivity index (χ1n) is 16.0. The standard InChI is InChI=1S/C30H37F6NO10S/c1-25(2,3)37-20-16-6-17(19(18(16)22(37)38)23(39)44-12-29(35,36)48(41,42)43)21(20)47-24(40)26-7-13-4-14(8-26)30(15(5-13)9-26)45-10-27(31,32)28(33,34)11-46-30/h13-21H,4-12H2,1-3H3,(H,41,42,43). The summed E-state index contributed by atoms with van der Waals surface area (Å²) in [7, 11) is -5.90. The van der Waals surface area contributed by atoms with Gasteiger partial charge >= 0.3 is 39.2 Å². The normalized spacial score (nSPS) is 41.9. The van der Waals surface area contributed by atoms with Gasteiger partial charge in [0.05, 0.1) is 23.3 Å². The lowest BCUT2D eigenvalue weighted by molar-refractivity contribution is -0.346. The van der Waals surface area contributed by atoms with Gasteiger partial charge < -0.3 is 23.8 Å². The first-order chi connectivity index (χ1) is 21.9. The zero-order valence-electron chi connectivity index (χ0n) is 26.3. The molecule has 0 radical (unpaired) electrons. The number of likely N-dealkylation sites (tertiary alicyclic amines) is 1. The van der Waals surface area contributed by atoms with Crippen molar-refractivity contribution in [1.29, 1.82) is 0 Å². The molecule has 2 heterocycles. The summed E-state index contributed by atoms with van der Waals surface area (Å²) in [4.78, 5) is 42.8. The van der Waals surface area contributed by atoms with E-state index in [2.05, 4.69) is 4.74 Å². The Morgan fingerprint density at radius 1 is 0.958 bits per heavy atom. The third-order valence-corrected chi connectivity index (χ3v) is 13.0. The van der Waals surface area contributed by atoms with Crippen LogP contribution in [0.2, 0.25) is 0 Å². The van der Waals surface area contributed by atoms with Gasteiger partial charge in [-0.1, -0.05) is 0 Å². The number of rotatable bonds is 6. The molecule has 2 saturated heterocycles. The molecule has 8 atom stereocenters. The lowest BCUT2D eigenvalue weighted by Gasteiger charge is -2.62. The molecule has 1 amide bonds. The van der Waals surface area contributed by atoms with Gasteiger partial charge in [0.2, 0.25) is 5.91 Å². The minimum absolute atomic E-state index is 0.0577. The molecule has 1 N–H and O–H groups in total. The summed E-state index contributed by atoms with van der Waals surface area (Å²) in [6, 6.07) is -0.655. The fourth-order valence-electron chi connectivity index (χ4n) is 10.4. The summed E-state index contributed by atoms with van der Waals surface area (Å²) in [5.74, 6) is -18.1. The molecule has 0 aromatic heterocycles. The second-order valence-electron chi connectivity index (χ2n) is 15.9. The van der Waals surface area contributed by atoms with Crippen LogP contribution < -0.4 is 0 Å². The lowest BCUT2D eigenvalue weighted by atomic mass is 9.47. The number of halogens is 6. The van der Waals surface area contributed by atoms with E-state index in [4.69, 9.17) is 18.8 Å².